The van der Waals surface area contributed by atoms with Crippen LogP contribution >= 0.6 is 11.3 Å². The van der Waals surface area contributed by atoms with Crippen LogP contribution in [0.3, 0.4) is 0 Å². The number of aliphatic hydroxyl groups is 1. The van der Waals surface area contributed by atoms with E-state index in [-0.39, 0.29) is 11.9 Å². The first-order valence-electron chi connectivity index (χ1n) is 7.01. The summed E-state index contributed by atoms with van der Waals surface area (Å²) in [7, 11) is 0. The van der Waals surface area contributed by atoms with Gasteiger partial charge in [0.25, 0.3) is 0 Å². The number of ether oxygens (including phenoxy) is 1. The number of aliphatic hydroxyl groups excluding tert-OH is 1. The van der Waals surface area contributed by atoms with E-state index >= 15 is 0 Å². The second-order valence-electron chi connectivity index (χ2n) is 4.98. The number of rotatable bonds is 6. The number of nitrogens with zero attached hydrogens (tertiary/aromatic N) is 1. The normalized spacial score (nSPS) is 20.9. The molecule has 2 heterocycles. The van der Waals surface area contributed by atoms with Gasteiger partial charge in [-0.15, -0.1) is 11.3 Å². The van der Waals surface area contributed by atoms with Crippen molar-refractivity contribution < 1.29 is 14.6 Å². The van der Waals surface area contributed by atoms with Gasteiger partial charge in [0.1, 0.15) is 0 Å². The fraction of sp³-hybridized carbons (Fsp3) is 0.643. The molecule has 2 atom stereocenters. The lowest BCUT2D eigenvalue weighted by Crippen LogP contribution is -2.49. The van der Waals surface area contributed by atoms with Gasteiger partial charge in [-0.25, -0.2) is 0 Å². The van der Waals surface area contributed by atoms with Gasteiger partial charge in [-0.1, -0.05) is 6.07 Å². The monoisotopic (exact) mass is 298 g/mol. The van der Waals surface area contributed by atoms with E-state index < -0.39 is 6.10 Å². The number of hydrogen-bond donors (Lipinski definition) is 2. The smallest absolute Gasteiger partial charge is 0.223 e. The number of morpholine rings is 1. The van der Waals surface area contributed by atoms with Gasteiger partial charge in [0, 0.05) is 24.3 Å². The molecule has 20 heavy (non-hydrogen) atoms. The number of amides is 1. The largest absolute Gasteiger partial charge is 0.387 e. The van der Waals surface area contributed by atoms with Crippen LogP contribution in [-0.2, 0) is 9.53 Å². The van der Waals surface area contributed by atoms with E-state index in [0.29, 0.717) is 45.6 Å². The number of carbonyl (C=O) groups is 1. The Labute approximate surface area is 123 Å². The molecule has 1 fully saturated rings. The SMILES string of the molecule is NCCCC(=O)N1CCOCC1CC(O)c1cccs1. The third kappa shape index (κ3) is 4.02. The van der Waals surface area contributed by atoms with Crippen LogP contribution in [-0.4, -0.2) is 48.3 Å². The molecule has 1 amide bonds. The molecular formula is C14H22N2O3S. The highest BCUT2D eigenvalue weighted by Gasteiger charge is 2.29. The van der Waals surface area contributed by atoms with Crippen molar-refractivity contribution in [2.45, 2.75) is 31.4 Å². The van der Waals surface area contributed by atoms with E-state index in [0.717, 1.165) is 4.88 Å². The Bertz CT molecular complexity index is 411. The molecular weight excluding hydrogens is 276 g/mol. The molecule has 1 aliphatic heterocycles. The molecule has 2 rings (SSSR count). The van der Waals surface area contributed by atoms with Crippen molar-refractivity contribution in [2.75, 3.05) is 26.3 Å². The van der Waals surface area contributed by atoms with E-state index in [1.165, 1.54) is 11.3 Å². The van der Waals surface area contributed by atoms with E-state index in [1.807, 2.05) is 22.4 Å². The Morgan fingerprint density at radius 3 is 3.20 bits per heavy atom. The van der Waals surface area contributed by atoms with Crippen molar-refractivity contribution in [1.29, 1.82) is 0 Å². The maximum Gasteiger partial charge on any atom is 0.223 e. The molecule has 1 aromatic heterocycles. The van der Waals surface area contributed by atoms with Crippen molar-refractivity contribution in [3.63, 3.8) is 0 Å². The molecule has 0 bridgehead atoms. The number of thiophene rings is 1. The van der Waals surface area contributed by atoms with E-state index in [4.69, 9.17) is 10.5 Å². The standard InChI is InChI=1S/C14H22N2O3S/c15-5-1-4-14(18)16-6-7-19-10-11(16)9-12(17)13-3-2-8-20-13/h2-3,8,11-12,17H,1,4-7,9-10,15H2. The zero-order valence-electron chi connectivity index (χ0n) is 11.5. The number of hydrogen-bond acceptors (Lipinski definition) is 5. The van der Waals surface area contributed by atoms with Crippen molar-refractivity contribution >= 4 is 17.2 Å². The third-order valence-electron chi connectivity index (χ3n) is 3.51. The maximum atomic E-state index is 12.2. The average molecular weight is 298 g/mol. The molecule has 1 saturated heterocycles. The van der Waals surface area contributed by atoms with Gasteiger partial charge < -0.3 is 20.5 Å². The summed E-state index contributed by atoms with van der Waals surface area (Å²) >= 11 is 1.53. The van der Waals surface area contributed by atoms with Gasteiger partial charge in [-0.2, -0.15) is 0 Å². The second-order valence-corrected chi connectivity index (χ2v) is 5.95. The summed E-state index contributed by atoms with van der Waals surface area (Å²) in [5.74, 6) is 0.113. The lowest BCUT2D eigenvalue weighted by molar-refractivity contribution is -0.141. The van der Waals surface area contributed by atoms with Crippen LogP contribution in [0.25, 0.3) is 0 Å². The summed E-state index contributed by atoms with van der Waals surface area (Å²) in [6.07, 6.45) is 1.17. The highest BCUT2D eigenvalue weighted by Crippen LogP contribution is 2.26. The van der Waals surface area contributed by atoms with Crippen LogP contribution in [0.2, 0.25) is 0 Å². The molecule has 0 radical (unpaired) electrons. The first-order chi connectivity index (χ1) is 9.72. The molecule has 5 nitrogen and oxygen atoms in total. The second kappa shape index (κ2) is 7.73. The summed E-state index contributed by atoms with van der Waals surface area (Å²) in [5.41, 5.74) is 5.45. The minimum Gasteiger partial charge on any atom is -0.387 e. The topological polar surface area (TPSA) is 75.8 Å². The molecule has 3 N–H and O–H groups in total. The Kier molecular flexibility index (Phi) is 5.97. The molecule has 1 aromatic rings. The average Bonchev–Trinajstić information content (AvgIpc) is 2.99. The lowest BCUT2D eigenvalue weighted by Gasteiger charge is -2.36. The maximum absolute atomic E-state index is 12.2. The van der Waals surface area contributed by atoms with Crippen LogP contribution < -0.4 is 5.73 Å². The van der Waals surface area contributed by atoms with Crippen molar-refractivity contribution in [2.24, 2.45) is 5.73 Å². The van der Waals surface area contributed by atoms with Gasteiger partial charge >= 0.3 is 0 Å². The van der Waals surface area contributed by atoms with Crippen LogP contribution in [0.5, 0.6) is 0 Å². The fourth-order valence-corrected chi connectivity index (χ4v) is 3.15. The van der Waals surface area contributed by atoms with E-state index in [2.05, 4.69) is 0 Å². The first kappa shape index (κ1) is 15.4. The minimum absolute atomic E-state index is 0.0499. The van der Waals surface area contributed by atoms with Crippen LogP contribution in [0, 0.1) is 0 Å². The third-order valence-corrected chi connectivity index (χ3v) is 4.48. The van der Waals surface area contributed by atoms with Crippen molar-refractivity contribution in [1.82, 2.24) is 4.90 Å². The molecule has 0 aliphatic carbocycles. The van der Waals surface area contributed by atoms with Crippen LogP contribution in [0.1, 0.15) is 30.2 Å². The summed E-state index contributed by atoms with van der Waals surface area (Å²) in [4.78, 5) is 14.9. The minimum atomic E-state index is -0.536. The summed E-state index contributed by atoms with van der Waals surface area (Å²) in [6, 6.07) is 3.79. The predicted molar refractivity (Wildman–Crippen MR) is 78.5 cm³/mol. The first-order valence-corrected chi connectivity index (χ1v) is 7.89. The van der Waals surface area contributed by atoms with Gasteiger partial charge in [0.15, 0.2) is 0 Å². The molecule has 0 saturated carbocycles. The number of nitrogens with two attached hydrogens (primary N) is 1. The quantitative estimate of drug-likeness (QED) is 0.826. The van der Waals surface area contributed by atoms with Gasteiger partial charge in [0.05, 0.1) is 25.4 Å². The van der Waals surface area contributed by atoms with Crippen molar-refractivity contribution in [3.05, 3.63) is 22.4 Å². The molecule has 112 valence electrons. The van der Waals surface area contributed by atoms with Gasteiger partial charge in [-0.05, 0) is 24.4 Å². The highest BCUT2D eigenvalue weighted by atomic mass is 32.1. The Balaban J connectivity index is 1.94. The Morgan fingerprint density at radius 2 is 2.50 bits per heavy atom. The Hall–Kier alpha value is -0.950. The summed E-state index contributed by atoms with van der Waals surface area (Å²) in [6.45, 7) is 2.20. The molecule has 2 unspecified atom stereocenters. The summed E-state index contributed by atoms with van der Waals surface area (Å²) in [5, 5.41) is 12.2. The van der Waals surface area contributed by atoms with E-state index in [9.17, 15) is 9.90 Å². The zero-order valence-corrected chi connectivity index (χ0v) is 12.3. The van der Waals surface area contributed by atoms with Crippen LogP contribution in [0.15, 0.2) is 17.5 Å². The lowest BCUT2D eigenvalue weighted by atomic mass is 10.1. The van der Waals surface area contributed by atoms with E-state index in [1.54, 1.807) is 0 Å². The summed E-state index contributed by atoms with van der Waals surface area (Å²) < 4.78 is 5.46. The molecule has 6 heteroatoms. The van der Waals surface area contributed by atoms with Gasteiger partial charge in [-0.3, -0.25) is 4.79 Å². The predicted octanol–water partition coefficient (Wildman–Crippen LogP) is 1.14. The highest BCUT2D eigenvalue weighted by molar-refractivity contribution is 7.10. The zero-order chi connectivity index (χ0) is 14.4. The van der Waals surface area contributed by atoms with Crippen molar-refractivity contribution in [3.8, 4) is 0 Å². The Morgan fingerprint density at radius 1 is 1.65 bits per heavy atom. The molecule has 0 spiro atoms. The molecule has 0 aromatic carbocycles. The number of carbonyl (C=O) groups excluding carboxylic acids is 1. The van der Waals surface area contributed by atoms with Gasteiger partial charge in [0.2, 0.25) is 5.91 Å². The fourth-order valence-electron chi connectivity index (χ4n) is 2.43. The molecule has 1 aliphatic rings. The van der Waals surface area contributed by atoms with Crippen LogP contribution in [0.4, 0.5) is 0 Å².